The van der Waals surface area contributed by atoms with E-state index in [1.807, 2.05) is 16.8 Å². The number of carbonyl (C=O) groups excluding carboxylic acids is 1. The molecule has 4 rings (SSSR count). The maximum Gasteiger partial charge on any atom is 0.358 e. The van der Waals surface area contributed by atoms with Crippen LogP contribution in [0.15, 0.2) is 44.6 Å². The van der Waals surface area contributed by atoms with Gasteiger partial charge < -0.3 is 4.74 Å². The van der Waals surface area contributed by atoms with Gasteiger partial charge in [0, 0.05) is 34.0 Å². The van der Waals surface area contributed by atoms with Crippen molar-refractivity contribution in [3.05, 3.63) is 61.6 Å². The quantitative estimate of drug-likeness (QED) is 0.512. The second-order valence-electron chi connectivity index (χ2n) is 4.77. The van der Waals surface area contributed by atoms with Crippen molar-refractivity contribution in [1.82, 2.24) is 14.4 Å². The number of aromatic nitrogens is 3. The summed E-state index contributed by atoms with van der Waals surface area (Å²) < 4.78 is 6.68. The van der Waals surface area contributed by atoms with Crippen molar-refractivity contribution in [2.45, 2.75) is 6.61 Å². The van der Waals surface area contributed by atoms with Crippen LogP contribution in [0, 0.1) is 0 Å². The minimum Gasteiger partial charge on any atom is -0.454 e. The Morgan fingerprint density at radius 3 is 2.96 bits per heavy atom. The van der Waals surface area contributed by atoms with Gasteiger partial charge in [0.1, 0.15) is 11.6 Å². The summed E-state index contributed by atoms with van der Waals surface area (Å²) in [6.07, 6.45) is 1.66. The van der Waals surface area contributed by atoms with Crippen molar-refractivity contribution >= 4 is 44.9 Å². The molecule has 0 aliphatic rings. The summed E-state index contributed by atoms with van der Waals surface area (Å²) in [5.74, 6) is -0.527. The predicted molar refractivity (Wildman–Crippen MR) is 93.9 cm³/mol. The highest BCUT2D eigenvalue weighted by atomic mass is 32.1. The van der Waals surface area contributed by atoms with Crippen LogP contribution in [-0.2, 0) is 11.3 Å². The van der Waals surface area contributed by atoms with Crippen LogP contribution < -0.4 is 5.56 Å². The van der Waals surface area contributed by atoms with Gasteiger partial charge in [-0.1, -0.05) is 0 Å². The van der Waals surface area contributed by atoms with E-state index < -0.39 is 5.97 Å². The first-order valence-corrected chi connectivity index (χ1v) is 9.52. The summed E-state index contributed by atoms with van der Waals surface area (Å²) in [5, 5.41) is 8.15. The fourth-order valence-electron chi connectivity index (χ4n) is 2.06. The molecule has 0 saturated carbocycles. The zero-order chi connectivity index (χ0) is 16.5. The molecule has 6 nitrogen and oxygen atoms in total. The van der Waals surface area contributed by atoms with E-state index in [0.717, 1.165) is 10.6 Å². The van der Waals surface area contributed by atoms with Gasteiger partial charge in [-0.2, -0.15) is 11.3 Å². The molecule has 0 unspecified atom stereocenters. The van der Waals surface area contributed by atoms with Gasteiger partial charge in [0.15, 0.2) is 10.7 Å². The van der Waals surface area contributed by atoms with E-state index >= 15 is 0 Å². The number of esters is 1. The molecule has 24 heavy (non-hydrogen) atoms. The Morgan fingerprint density at radius 1 is 1.21 bits per heavy atom. The number of hydrogen-bond donors (Lipinski definition) is 0. The average molecular weight is 375 g/mol. The molecule has 0 N–H and O–H groups in total. The average Bonchev–Trinajstić information content (AvgIpc) is 3.31. The van der Waals surface area contributed by atoms with Crippen LogP contribution in [-0.4, -0.2) is 20.3 Å². The van der Waals surface area contributed by atoms with Gasteiger partial charge in [-0.05, 0) is 11.4 Å². The number of thiophene rings is 1. The van der Waals surface area contributed by atoms with Gasteiger partial charge in [-0.15, -0.1) is 22.7 Å². The van der Waals surface area contributed by atoms with Crippen molar-refractivity contribution < 1.29 is 9.53 Å². The highest BCUT2D eigenvalue weighted by molar-refractivity contribution is 7.15. The van der Waals surface area contributed by atoms with Crippen molar-refractivity contribution in [3.8, 4) is 10.6 Å². The van der Waals surface area contributed by atoms with E-state index in [1.165, 1.54) is 33.1 Å². The van der Waals surface area contributed by atoms with Crippen LogP contribution in [0.2, 0.25) is 0 Å². The van der Waals surface area contributed by atoms with Gasteiger partial charge in [0.2, 0.25) is 0 Å². The molecule has 0 saturated heterocycles. The van der Waals surface area contributed by atoms with Crippen molar-refractivity contribution in [1.29, 1.82) is 0 Å². The number of carbonyl (C=O) groups is 1. The van der Waals surface area contributed by atoms with Crippen LogP contribution in [0.3, 0.4) is 0 Å². The third-order valence-electron chi connectivity index (χ3n) is 3.19. The van der Waals surface area contributed by atoms with Gasteiger partial charge in [-0.3, -0.25) is 9.20 Å². The number of hydrogen-bond acceptors (Lipinski definition) is 8. The zero-order valence-electron chi connectivity index (χ0n) is 12.0. The summed E-state index contributed by atoms with van der Waals surface area (Å²) in [4.78, 5) is 33.2. The lowest BCUT2D eigenvalue weighted by Crippen LogP contribution is -2.14. The van der Waals surface area contributed by atoms with E-state index in [-0.39, 0.29) is 17.9 Å². The predicted octanol–water partition coefficient (Wildman–Crippen LogP) is 3.30. The summed E-state index contributed by atoms with van der Waals surface area (Å²) in [7, 11) is 0. The van der Waals surface area contributed by atoms with Crippen LogP contribution >= 0.6 is 34.0 Å². The molecular formula is C15H9N3O3S3. The Labute approximate surface area is 147 Å². The molecule has 0 aliphatic heterocycles. The summed E-state index contributed by atoms with van der Waals surface area (Å²) >= 11 is 4.31. The largest absolute Gasteiger partial charge is 0.454 e. The van der Waals surface area contributed by atoms with Crippen molar-refractivity contribution in [2.24, 2.45) is 0 Å². The van der Waals surface area contributed by atoms with Gasteiger partial charge >= 0.3 is 5.97 Å². The van der Waals surface area contributed by atoms with Gasteiger partial charge in [-0.25, -0.2) is 14.8 Å². The fraction of sp³-hybridized carbons (Fsp3) is 0.0667. The summed E-state index contributed by atoms with van der Waals surface area (Å²) in [6, 6.07) is 3.32. The number of nitrogens with zero attached hydrogens (tertiary/aromatic N) is 3. The highest BCUT2D eigenvalue weighted by Gasteiger charge is 2.14. The standard InChI is InChI=1S/C15H9N3O3S3/c19-12-5-10(16-15-18(12)2-4-23-15)6-21-14(20)11-8-24-13(17-11)9-1-3-22-7-9/h1-5,7-8H,6H2. The Morgan fingerprint density at radius 2 is 2.12 bits per heavy atom. The van der Waals surface area contributed by atoms with Gasteiger partial charge in [0.25, 0.3) is 5.56 Å². The summed E-state index contributed by atoms with van der Waals surface area (Å²) in [6.45, 7) is -0.0617. The smallest absolute Gasteiger partial charge is 0.358 e. The minimum atomic E-state index is -0.527. The molecule has 0 radical (unpaired) electrons. The maximum atomic E-state index is 12.1. The fourth-order valence-corrected chi connectivity index (χ4v) is 4.30. The molecule has 4 aromatic rings. The molecule has 4 aromatic heterocycles. The zero-order valence-corrected chi connectivity index (χ0v) is 14.5. The molecule has 9 heteroatoms. The minimum absolute atomic E-state index is 0.0617. The lowest BCUT2D eigenvalue weighted by atomic mass is 10.3. The van der Waals surface area contributed by atoms with Crippen LogP contribution in [0.5, 0.6) is 0 Å². The van der Waals surface area contributed by atoms with E-state index in [9.17, 15) is 9.59 Å². The van der Waals surface area contributed by atoms with Crippen LogP contribution in [0.4, 0.5) is 0 Å². The second-order valence-corrected chi connectivity index (χ2v) is 7.28. The summed E-state index contributed by atoms with van der Waals surface area (Å²) in [5.41, 5.74) is 1.47. The lowest BCUT2D eigenvalue weighted by molar-refractivity contribution is 0.0462. The van der Waals surface area contributed by atoms with Crippen LogP contribution in [0.1, 0.15) is 16.2 Å². The molecule has 4 heterocycles. The molecule has 0 atom stereocenters. The topological polar surface area (TPSA) is 73.6 Å². The molecule has 0 aromatic carbocycles. The lowest BCUT2D eigenvalue weighted by Gasteiger charge is -2.02. The Balaban J connectivity index is 1.49. The monoisotopic (exact) mass is 375 g/mol. The first-order chi connectivity index (χ1) is 11.7. The Hall–Kier alpha value is -2.36. The molecule has 0 bridgehead atoms. The molecular weight excluding hydrogens is 366 g/mol. The third kappa shape index (κ3) is 2.88. The first-order valence-electron chi connectivity index (χ1n) is 6.82. The number of ether oxygens (including phenoxy) is 1. The SMILES string of the molecule is O=C(OCc1cc(=O)n2ccsc2n1)c1csc(-c2ccsc2)n1. The highest BCUT2D eigenvalue weighted by Crippen LogP contribution is 2.26. The van der Waals surface area contributed by atoms with E-state index in [2.05, 4.69) is 9.97 Å². The number of thiazole rings is 2. The second kappa shape index (κ2) is 6.27. The van der Waals surface area contributed by atoms with Crippen molar-refractivity contribution in [3.63, 3.8) is 0 Å². The first kappa shape index (κ1) is 15.2. The molecule has 120 valence electrons. The van der Waals surface area contributed by atoms with Gasteiger partial charge in [0.05, 0.1) is 5.69 Å². The van der Waals surface area contributed by atoms with Crippen LogP contribution in [0.25, 0.3) is 15.5 Å². The van der Waals surface area contributed by atoms with Crippen molar-refractivity contribution in [2.75, 3.05) is 0 Å². The molecule has 0 aliphatic carbocycles. The maximum absolute atomic E-state index is 12.1. The Kier molecular flexibility index (Phi) is 3.97. The Bertz CT molecular complexity index is 1060. The third-order valence-corrected chi connectivity index (χ3v) is 5.52. The normalized spacial score (nSPS) is 11.0. The van der Waals surface area contributed by atoms with E-state index in [4.69, 9.17) is 4.74 Å². The molecule has 0 fully saturated rings. The molecule has 0 amide bonds. The number of rotatable bonds is 4. The van der Waals surface area contributed by atoms with E-state index in [0.29, 0.717) is 10.7 Å². The molecule has 0 spiro atoms. The van der Waals surface area contributed by atoms with E-state index in [1.54, 1.807) is 28.3 Å². The number of fused-ring (bicyclic) bond motifs is 1.